The molecule has 116 valence electrons. The third-order valence-electron chi connectivity index (χ3n) is 2.77. The van der Waals surface area contributed by atoms with Crippen LogP contribution in [-0.4, -0.2) is 19.8 Å². The van der Waals surface area contributed by atoms with Crippen molar-refractivity contribution in [2.75, 3.05) is 0 Å². The van der Waals surface area contributed by atoms with Gasteiger partial charge in [0, 0.05) is 6.07 Å². The molecule has 0 amide bonds. The Kier molecular flexibility index (Phi) is 3.54. The average molecular weight is 340 g/mol. The second kappa shape index (κ2) is 5.40. The first-order valence-electron chi connectivity index (χ1n) is 6.05. The summed E-state index contributed by atoms with van der Waals surface area (Å²) in [7, 11) is 0. The Balaban J connectivity index is 2.00. The van der Waals surface area contributed by atoms with Crippen molar-refractivity contribution < 1.29 is 17.9 Å². The van der Waals surface area contributed by atoms with E-state index in [9.17, 15) is 13.2 Å². The van der Waals surface area contributed by atoms with E-state index in [1.165, 1.54) is 30.3 Å². The molecule has 0 saturated carbocycles. The van der Waals surface area contributed by atoms with Crippen molar-refractivity contribution in [2.24, 2.45) is 0 Å². The third kappa shape index (κ3) is 2.89. The molecule has 0 bridgehead atoms. The van der Waals surface area contributed by atoms with Crippen LogP contribution in [0.3, 0.4) is 0 Å². The van der Waals surface area contributed by atoms with Crippen molar-refractivity contribution in [3.63, 3.8) is 0 Å². The molecular weight excluding hydrogens is 335 g/mol. The molecule has 0 spiro atoms. The maximum Gasteiger partial charge on any atom is 0.453 e. The Labute approximate surface area is 131 Å². The topological polar surface area (TPSA) is 76.1 Å². The first-order chi connectivity index (χ1) is 10.9. The molecule has 0 radical (unpaired) electrons. The van der Waals surface area contributed by atoms with Crippen molar-refractivity contribution >= 4 is 17.2 Å². The number of aromatic nitrogens is 4. The van der Waals surface area contributed by atoms with Crippen molar-refractivity contribution in [3.8, 4) is 17.7 Å². The number of alkyl halides is 3. The Morgan fingerprint density at radius 3 is 2.61 bits per heavy atom. The van der Waals surface area contributed by atoms with Crippen LogP contribution in [0.25, 0.3) is 5.65 Å². The molecule has 3 rings (SSSR count). The number of rotatable bonds is 2. The lowest BCUT2D eigenvalue weighted by molar-refractivity contribution is -0.146. The lowest BCUT2D eigenvalue weighted by Gasteiger charge is -2.08. The maximum absolute atomic E-state index is 12.8. The predicted molar refractivity (Wildman–Crippen MR) is 72.0 cm³/mol. The Morgan fingerprint density at radius 1 is 1.17 bits per heavy atom. The molecule has 1 aromatic carbocycles. The van der Waals surface area contributed by atoms with Crippen LogP contribution < -0.4 is 4.74 Å². The van der Waals surface area contributed by atoms with E-state index in [2.05, 4.69) is 15.3 Å². The highest BCUT2D eigenvalue weighted by Crippen LogP contribution is 2.31. The molecule has 2 heterocycles. The van der Waals surface area contributed by atoms with Crippen LogP contribution in [0.4, 0.5) is 13.2 Å². The summed E-state index contributed by atoms with van der Waals surface area (Å²) in [5, 5.41) is 19.0. The lowest BCUT2D eigenvalue weighted by Crippen LogP contribution is -2.12. The van der Waals surface area contributed by atoms with E-state index in [1.54, 1.807) is 0 Å². The van der Waals surface area contributed by atoms with Gasteiger partial charge in [-0.3, -0.25) is 0 Å². The minimum atomic E-state index is -4.70. The maximum atomic E-state index is 12.8. The zero-order chi connectivity index (χ0) is 16.6. The number of fused-ring (bicyclic) bond motifs is 1. The van der Waals surface area contributed by atoms with Gasteiger partial charge in [-0.25, -0.2) is 0 Å². The molecule has 0 unspecified atom stereocenters. The summed E-state index contributed by atoms with van der Waals surface area (Å²) in [6.07, 6.45) is -4.70. The highest BCUT2D eigenvalue weighted by atomic mass is 35.5. The number of hydrogen-bond donors (Lipinski definition) is 0. The first-order valence-corrected chi connectivity index (χ1v) is 6.43. The minimum Gasteiger partial charge on any atom is -0.436 e. The van der Waals surface area contributed by atoms with E-state index in [0.29, 0.717) is 10.1 Å². The van der Waals surface area contributed by atoms with Gasteiger partial charge in [0.1, 0.15) is 5.75 Å². The summed E-state index contributed by atoms with van der Waals surface area (Å²) in [6.45, 7) is 0. The fraction of sp³-hybridized carbons (Fsp3) is 0.0769. The van der Waals surface area contributed by atoms with Gasteiger partial charge in [0.15, 0.2) is 5.65 Å². The Bertz CT molecular complexity index is 931. The van der Waals surface area contributed by atoms with Crippen LogP contribution in [0.15, 0.2) is 30.3 Å². The second-order valence-electron chi connectivity index (χ2n) is 4.32. The summed E-state index contributed by atoms with van der Waals surface area (Å²) in [5.74, 6) is -1.24. The molecule has 0 saturated heterocycles. The molecule has 0 aliphatic rings. The molecule has 0 aliphatic carbocycles. The van der Waals surface area contributed by atoms with Gasteiger partial charge < -0.3 is 4.74 Å². The highest BCUT2D eigenvalue weighted by molar-refractivity contribution is 6.32. The summed E-state index contributed by atoms with van der Waals surface area (Å²) in [4.78, 5) is 0. The smallest absolute Gasteiger partial charge is 0.436 e. The van der Waals surface area contributed by atoms with Gasteiger partial charge in [-0.2, -0.15) is 22.9 Å². The summed E-state index contributed by atoms with van der Waals surface area (Å²) < 4.78 is 44.3. The van der Waals surface area contributed by atoms with Crippen LogP contribution in [0.1, 0.15) is 11.4 Å². The van der Waals surface area contributed by atoms with Crippen LogP contribution in [0.2, 0.25) is 5.02 Å². The van der Waals surface area contributed by atoms with E-state index >= 15 is 0 Å². The molecular formula is C13H5ClF3N5O. The van der Waals surface area contributed by atoms with Gasteiger partial charge in [0.25, 0.3) is 5.82 Å². The van der Waals surface area contributed by atoms with Crippen molar-refractivity contribution in [1.82, 2.24) is 19.8 Å². The van der Waals surface area contributed by atoms with E-state index in [0.717, 1.165) is 0 Å². The Hall–Kier alpha value is -2.86. The average Bonchev–Trinajstić information content (AvgIpc) is 2.92. The second-order valence-corrected chi connectivity index (χ2v) is 4.73. The fourth-order valence-electron chi connectivity index (χ4n) is 1.77. The van der Waals surface area contributed by atoms with Crippen molar-refractivity contribution in [2.45, 2.75) is 6.18 Å². The SMILES string of the molecule is N#Cc1ccc(Oc2ccc3nnc(C(F)(F)F)n3n2)c(Cl)c1. The number of halogens is 4. The molecule has 0 atom stereocenters. The number of nitrogens with zero attached hydrogens (tertiary/aromatic N) is 5. The van der Waals surface area contributed by atoms with Gasteiger partial charge in [0.2, 0.25) is 5.88 Å². The van der Waals surface area contributed by atoms with Crippen molar-refractivity contribution in [1.29, 1.82) is 5.26 Å². The molecule has 2 aromatic heterocycles. The van der Waals surface area contributed by atoms with Gasteiger partial charge in [-0.15, -0.1) is 15.3 Å². The number of nitriles is 1. The van der Waals surface area contributed by atoms with E-state index in [-0.39, 0.29) is 22.3 Å². The van der Waals surface area contributed by atoms with E-state index < -0.39 is 12.0 Å². The van der Waals surface area contributed by atoms with Crippen LogP contribution >= 0.6 is 11.6 Å². The number of hydrogen-bond acceptors (Lipinski definition) is 5. The molecule has 3 aromatic rings. The monoisotopic (exact) mass is 339 g/mol. The summed E-state index contributed by atoms with van der Waals surface area (Å²) in [5.41, 5.74) is 0.250. The van der Waals surface area contributed by atoms with Gasteiger partial charge in [-0.05, 0) is 24.3 Å². The quantitative estimate of drug-likeness (QED) is 0.714. The normalized spacial score (nSPS) is 11.4. The van der Waals surface area contributed by atoms with Crippen molar-refractivity contribution in [3.05, 3.63) is 46.7 Å². The van der Waals surface area contributed by atoms with Gasteiger partial charge in [0.05, 0.1) is 16.7 Å². The summed E-state index contributed by atoms with van der Waals surface area (Å²) >= 11 is 5.94. The molecule has 6 nitrogen and oxygen atoms in total. The highest BCUT2D eigenvalue weighted by Gasteiger charge is 2.37. The molecule has 0 fully saturated rings. The van der Waals surface area contributed by atoms with E-state index in [1.807, 2.05) is 6.07 Å². The molecule has 23 heavy (non-hydrogen) atoms. The molecule has 0 N–H and O–H groups in total. The van der Waals surface area contributed by atoms with Gasteiger partial charge >= 0.3 is 6.18 Å². The van der Waals surface area contributed by atoms with Gasteiger partial charge in [-0.1, -0.05) is 11.6 Å². The third-order valence-corrected chi connectivity index (χ3v) is 3.06. The zero-order valence-corrected chi connectivity index (χ0v) is 11.8. The fourth-order valence-corrected chi connectivity index (χ4v) is 1.99. The van der Waals surface area contributed by atoms with Crippen LogP contribution in [-0.2, 0) is 6.18 Å². The molecule has 10 heteroatoms. The standard InChI is InChI=1S/C13H5ClF3N5O/c14-8-5-7(6-18)1-2-9(8)23-11-4-3-10-19-20-12(13(15,16)17)22(10)21-11/h1-5H. The molecule has 0 aliphatic heterocycles. The minimum absolute atomic E-state index is 0.0735. The largest absolute Gasteiger partial charge is 0.453 e. The van der Waals surface area contributed by atoms with E-state index in [4.69, 9.17) is 21.6 Å². The number of benzene rings is 1. The first kappa shape index (κ1) is 15.1. The lowest BCUT2D eigenvalue weighted by atomic mass is 10.2. The summed E-state index contributed by atoms with van der Waals surface area (Å²) in [6, 6.07) is 8.76. The van der Waals surface area contributed by atoms with Crippen LogP contribution in [0.5, 0.6) is 11.6 Å². The predicted octanol–water partition coefficient (Wildman–Crippen LogP) is 3.46. The number of ether oxygens (including phenoxy) is 1. The Morgan fingerprint density at radius 2 is 1.96 bits per heavy atom. The zero-order valence-electron chi connectivity index (χ0n) is 11.0. The van der Waals surface area contributed by atoms with Crippen LogP contribution in [0, 0.1) is 11.3 Å².